The molecule has 0 spiro atoms. The quantitative estimate of drug-likeness (QED) is 0.705. The Hall–Kier alpha value is -0.900. The lowest BCUT2D eigenvalue weighted by Crippen LogP contribution is -2.01. The summed E-state index contributed by atoms with van der Waals surface area (Å²) < 4.78 is 27.7. The number of nitrogens with zero attached hydrogens (tertiary/aromatic N) is 1. The Morgan fingerprint density at radius 1 is 1.24 bits per heavy atom. The van der Waals surface area contributed by atoms with E-state index in [2.05, 4.69) is 4.98 Å². The van der Waals surface area contributed by atoms with Gasteiger partial charge in [-0.3, -0.25) is 4.57 Å². The average Bonchev–Trinajstić information content (AvgIpc) is 2.29. The molecule has 0 unspecified atom stereocenters. The van der Waals surface area contributed by atoms with E-state index in [1.807, 2.05) is 0 Å². The van der Waals surface area contributed by atoms with E-state index in [0.717, 1.165) is 0 Å². The van der Waals surface area contributed by atoms with E-state index in [1.54, 1.807) is 32.0 Å². The molecule has 0 saturated heterocycles. The summed E-state index contributed by atoms with van der Waals surface area (Å²) in [5.41, 5.74) is 0.634. The zero-order valence-electron chi connectivity index (χ0n) is 10.4. The predicted molar refractivity (Wildman–Crippen MR) is 65.4 cm³/mol. The highest BCUT2D eigenvalue weighted by atomic mass is 31.2. The standard InChI is InChI=1S/C11H18NO4P/c1-4-15-17(13,16-5-2)9-10-7-6-8-11(12-10)14-3/h6-8H,4-5,9H2,1-3H3. The van der Waals surface area contributed by atoms with Crippen molar-refractivity contribution in [3.63, 3.8) is 0 Å². The van der Waals surface area contributed by atoms with Gasteiger partial charge in [0, 0.05) is 6.07 Å². The van der Waals surface area contributed by atoms with Crippen LogP contribution in [0.25, 0.3) is 0 Å². The Morgan fingerprint density at radius 3 is 2.41 bits per heavy atom. The number of hydrogen-bond acceptors (Lipinski definition) is 5. The van der Waals surface area contributed by atoms with Gasteiger partial charge in [0.25, 0.3) is 0 Å². The molecule has 17 heavy (non-hydrogen) atoms. The Morgan fingerprint density at radius 2 is 1.88 bits per heavy atom. The van der Waals surface area contributed by atoms with Crippen molar-refractivity contribution < 1.29 is 18.3 Å². The third-order valence-electron chi connectivity index (χ3n) is 2.00. The van der Waals surface area contributed by atoms with Gasteiger partial charge in [-0.1, -0.05) is 6.07 Å². The minimum absolute atomic E-state index is 0.159. The molecular weight excluding hydrogens is 241 g/mol. The molecule has 5 nitrogen and oxygen atoms in total. The fraction of sp³-hybridized carbons (Fsp3) is 0.545. The van der Waals surface area contributed by atoms with E-state index < -0.39 is 7.60 Å². The van der Waals surface area contributed by atoms with Crippen LogP contribution in [0.3, 0.4) is 0 Å². The van der Waals surface area contributed by atoms with Crippen LogP contribution in [0.5, 0.6) is 5.88 Å². The molecule has 0 atom stereocenters. The molecule has 0 saturated carbocycles. The van der Waals surface area contributed by atoms with Gasteiger partial charge in [0.15, 0.2) is 0 Å². The Labute approximate surface area is 102 Å². The number of ether oxygens (including phenoxy) is 1. The second-order valence-electron chi connectivity index (χ2n) is 3.28. The first-order chi connectivity index (χ1) is 8.13. The summed E-state index contributed by atoms with van der Waals surface area (Å²) in [4.78, 5) is 4.19. The Kier molecular flexibility index (Phi) is 5.62. The van der Waals surface area contributed by atoms with Crippen molar-refractivity contribution in [2.24, 2.45) is 0 Å². The van der Waals surface area contributed by atoms with Crippen molar-refractivity contribution in [1.29, 1.82) is 0 Å². The lowest BCUT2D eigenvalue weighted by Gasteiger charge is -2.16. The SMILES string of the molecule is CCOP(=O)(Cc1cccc(OC)n1)OCC. The molecule has 0 N–H and O–H groups in total. The largest absolute Gasteiger partial charge is 0.481 e. The highest BCUT2D eigenvalue weighted by Crippen LogP contribution is 2.50. The molecule has 1 rings (SSSR count). The maximum absolute atomic E-state index is 12.3. The number of pyridine rings is 1. The van der Waals surface area contributed by atoms with Gasteiger partial charge < -0.3 is 13.8 Å². The van der Waals surface area contributed by atoms with Crippen molar-refractivity contribution in [2.45, 2.75) is 20.0 Å². The van der Waals surface area contributed by atoms with Crippen molar-refractivity contribution in [3.8, 4) is 5.88 Å². The normalized spacial score (nSPS) is 11.5. The van der Waals surface area contributed by atoms with E-state index >= 15 is 0 Å². The maximum Gasteiger partial charge on any atom is 0.336 e. The van der Waals surface area contributed by atoms with Crippen LogP contribution in [-0.2, 0) is 19.8 Å². The van der Waals surface area contributed by atoms with E-state index in [0.29, 0.717) is 24.8 Å². The van der Waals surface area contributed by atoms with Crippen molar-refractivity contribution in [1.82, 2.24) is 4.98 Å². The van der Waals surface area contributed by atoms with Crippen LogP contribution < -0.4 is 4.74 Å². The Balaban J connectivity index is 2.81. The van der Waals surface area contributed by atoms with Crippen molar-refractivity contribution in [2.75, 3.05) is 20.3 Å². The summed E-state index contributed by atoms with van der Waals surface area (Å²) in [6.45, 7) is 4.26. The topological polar surface area (TPSA) is 57.7 Å². The highest BCUT2D eigenvalue weighted by Gasteiger charge is 2.24. The third kappa shape index (κ3) is 4.46. The van der Waals surface area contributed by atoms with Gasteiger partial charge in [0.05, 0.1) is 32.2 Å². The van der Waals surface area contributed by atoms with Crippen LogP contribution in [0.4, 0.5) is 0 Å². The van der Waals surface area contributed by atoms with E-state index in [4.69, 9.17) is 13.8 Å². The van der Waals surface area contributed by atoms with E-state index in [1.165, 1.54) is 7.11 Å². The van der Waals surface area contributed by atoms with Crippen LogP contribution in [0.1, 0.15) is 19.5 Å². The first-order valence-corrected chi connectivity index (χ1v) is 7.24. The minimum Gasteiger partial charge on any atom is -0.481 e. The fourth-order valence-corrected chi connectivity index (χ4v) is 3.00. The first kappa shape index (κ1) is 14.2. The van der Waals surface area contributed by atoms with Gasteiger partial charge in [-0.2, -0.15) is 0 Å². The summed E-state index contributed by atoms with van der Waals surface area (Å²) in [6.07, 6.45) is 0.159. The molecular formula is C11H18NO4P. The molecule has 0 aliphatic heterocycles. The third-order valence-corrected chi connectivity index (χ3v) is 4.01. The van der Waals surface area contributed by atoms with Gasteiger partial charge in [0.2, 0.25) is 5.88 Å². The predicted octanol–water partition coefficient (Wildman–Crippen LogP) is 2.86. The summed E-state index contributed by atoms with van der Waals surface area (Å²) in [5.74, 6) is 0.488. The molecule has 0 amide bonds. The van der Waals surface area contributed by atoms with Gasteiger partial charge in [-0.05, 0) is 19.9 Å². The Bertz CT molecular complexity index is 387. The molecule has 1 aromatic rings. The summed E-state index contributed by atoms with van der Waals surface area (Å²) in [5, 5.41) is 0. The van der Waals surface area contributed by atoms with Crippen LogP contribution in [-0.4, -0.2) is 25.3 Å². The zero-order valence-corrected chi connectivity index (χ0v) is 11.3. The average molecular weight is 259 g/mol. The number of hydrogen-bond donors (Lipinski definition) is 0. The second-order valence-corrected chi connectivity index (χ2v) is 5.33. The molecule has 1 heterocycles. The van der Waals surface area contributed by atoms with Crippen LogP contribution >= 0.6 is 7.60 Å². The van der Waals surface area contributed by atoms with Gasteiger partial charge in [-0.15, -0.1) is 0 Å². The van der Waals surface area contributed by atoms with Gasteiger partial charge >= 0.3 is 7.60 Å². The highest BCUT2D eigenvalue weighted by molar-refractivity contribution is 7.53. The monoisotopic (exact) mass is 259 g/mol. The van der Waals surface area contributed by atoms with E-state index in [9.17, 15) is 4.57 Å². The van der Waals surface area contributed by atoms with Crippen molar-refractivity contribution >= 4 is 7.60 Å². The van der Waals surface area contributed by atoms with Crippen LogP contribution in [0.15, 0.2) is 18.2 Å². The number of methoxy groups -OCH3 is 1. The molecule has 0 aliphatic carbocycles. The number of aromatic nitrogens is 1. The van der Waals surface area contributed by atoms with Gasteiger partial charge in [0.1, 0.15) is 0 Å². The number of rotatable bonds is 7. The second kappa shape index (κ2) is 6.74. The van der Waals surface area contributed by atoms with Crippen molar-refractivity contribution in [3.05, 3.63) is 23.9 Å². The van der Waals surface area contributed by atoms with Crippen LogP contribution in [0.2, 0.25) is 0 Å². The molecule has 0 aliphatic rings. The lowest BCUT2D eigenvalue weighted by molar-refractivity contribution is 0.219. The first-order valence-electron chi connectivity index (χ1n) is 5.51. The summed E-state index contributed by atoms with van der Waals surface area (Å²) in [6, 6.07) is 5.30. The lowest BCUT2D eigenvalue weighted by atomic mass is 10.4. The molecule has 0 bridgehead atoms. The molecule has 0 fully saturated rings. The molecule has 6 heteroatoms. The fourth-order valence-electron chi connectivity index (χ4n) is 1.38. The minimum atomic E-state index is -3.09. The molecule has 0 radical (unpaired) electrons. The van der Waals surface area contributed by atoms with Crippen LogP contribution in [0, 0.1) is 0 Å². The zero-order chi connectivity index (χ0) is 12.7. The maximum atomic E-state index is 12.3. The molecule has 1 aromatic heterocycles. The molecule has 96 valence electrons. The molecule has 0 aromatic carbocycles. The van der Waals surface area contributed by atoms with Gasteiger partial charge in [-0.25, -0.2) is 4.98 Å². The summed E-state index contributed by atoms with van der Waals surface area (Å²) >= 11 is 0. The smallest absolute Gasteiger partial charge is 0.336 e. The van der Waals surface area contributed by atoms with E-state index in [-0.39, 0.29) is 6.16 Å². The summed E-state index contributed by atoms with van der Waals surface area (Å²) in [7, 11) is -1.55.